The molecular weight excluding hydrogens is 205 g/mol. The zero-order valence-corrected chi connectivity index (χ0v) is 7.10. The maximum Gasteiger partial charge on any atom is 0.354 e. The van der Waals surface area contributed by atoms with Crippen LogP contribution in [-0.2, 0) is 0 Å². The van der Waals surface area contributed by atoms with E-state index in [4.69, 9.17) is 33.4 Å². The lowest BCUT2D eigenvalue weighted by molar-refractivity contribution is 0.0690. The molecule has 0 fully saturated rings. The van der Waals surface area contributed by atoms with Gasteiger partial charge in [0.05, 0.1) is 5.02 Å². The van der Waals surface area contributed by atoms with Crippen LogP contribution in [0.3, 0.4) is 0 Å². The minimum Gasteiger partial charge on any atom is -0.504 e. The molecule has 0 aliphatic heterocycles. The van der Waals surface area contributed by atoms with Crippen LogP contribution < -0.4 is 0 Å². The molecule has 1 aromatic heterocycles. The van der Waals surface area contributed by atoms with E-state index in [1.165, 1.54) is 0 Å². The molecule has 2 N–H and O–H groups in total. The second-order valence-electron chi connectivity index (χ2n) is 1.93. The fraction of sp³-hybridized carbons (Fsp3) is 0. The van der Waals surface area contributed by atoms with E-state index in [0.29, 0.717) is 0 Å². The van der Waals surface area contributed by atoms with E-state index in [2.05, 4.69) is 4.98 Å². The zero-order chi connectivity index (χ0) is 9.30. The maximum atomic E-state index is 10.4. The highest BCUT2D eigenvalue weighted by Crippen LogP contribution is 2.29. The summed E-state index contributed by atoms with van der Waals surface area (Å²) in [6, 6.07) is 1.02. The van der Waals surface area contributed by atoms with Crippen LogP contribution >= 0.6 is 23.2 Å². The standard InChI is InChI=1S/C6H3Cl2NO3/c7-2-1-3(6(11)12)9-5(8)4(2)10/h1,10H,(H,11,12). The summed E-state index contributed by atoms with van der Waals surface area (Å²) in [5, 5.41) is 17.0. The van der Waals surface area contributed by atoms with Crippen molar-refractivity contribution in [3.8, 4) is 5.75 Å². The number of carboxylic acid groups (broad SMARTS) is 1. The van der Waals surface area contributed by atoms with Crippen molar-refractivity contribution in [2.24, 2.45) is 0 Å². The summed E-state index contributed by atoms with van der Waals surface area (Å²) in [7, 11) is 0. The van der Waals surface area contributed by atoms with Crippen molar-refractivity contribution in [1.82, 2.24) is 4.98 Å². The Kier molecular flexibility index (Phi) is 2.40. The predicted octanol–water partition coefficient (Wildman–Crippen LogP) is 1.79. The fourth-order valence-corrected chi connectivity index (χ4v) is 1.02. The largest absolute Gasteiger partial charge is 0.504 e. The summed E-state index contributed by atoms with van der Waals surface area (Å²) in [5.74, 6) is -1.66. The van der Waals surface area contributed by atoms with Gasteiger partial charge in [-0.1, -0.05) is 23.2 Å². The van der Waals surface area contributed by atoms with Gasteiger partial charge in [-0.2, -0.15) is 0 Å². The summed E-state index contributed by atoms with van der Waals surface area (Å²) < 4.78 is 0. The molecule has 1 heterocycles. The van der Waals surface area contributed by atoms with E-state index in [1.807, 2.05) is 0 Å². The third-order valence-electron chi connectivity index (χ3n) is 1.12. The number of hydrogen-bond acceptors (Lipinski definition) is 3. The van der Waals surface area contributed by atoms with Crippen molar-refractivity contribution in [3.05, 3.63) is 21.9 Å². The molecule has 4 nitrogen and oxygen atoms in total. The van der Waals surface area contributed by atoms with Crippen molar-refractivity contribution in [2.75, 3.05) is 0 Å². The number of carbonyl (C=O) groups is 1. The summed E-state index contributed by atoms with van der Waals surface area (Å²) in [6.45, 7) is 0. The molecule has 0 aliphatic rings. The van der Waals surface area contributed by atoms with Crippen LogP contribution in [0.15, 0.2) is 6.07 Å². The molecule has 12 heavy (non-hydrogen) atoms. The molecule has 1 aromatic rings. The van der Waals surface area contributed by atoms with E-state index in [0.717, 1.165) is 6.07 Å². The first-order chi connectivity index (χ1) is 5.52. The van der Waals surface area contributed by atoms with Crippen molar-refractivity contribution in [2.45, 2.75) is 0 Å². The number of aromatic nitrogens is 1. The first-order valence-corrected chi connectivity index (χ1v) is 3.56. The molecule has 0 spiro atoms. The highest BCUT2D eigenvalue weighted by atomic mass is 35.5. The smallest absolute Gasteiger partial charge is 0.354 e. The van der Waals surface area contributed by atoms with Crippen LogP contribution in [-0.4, -0.2) is 21.2 Å². The van der Waals surface area contributed by atoms with Crippen LogP contribution in [0.5, 0.6) is 5.75 Å². The maximum absolute atomic E-state index is 10.4. The minimum atomic E-state index is -1.25. The number of aromatic carboxylic acids is 1. The van der Waals surface area contributed by atoms with E-state index in [9.17, 15) is 4.79 Å². The number of nitrogens with zero attached hydrogens (tertiary/aromatic N) is 1. The van der Waals surface area contributed by atoms with Gasteiger partial charge in [-0.3, -0.25) is 0 Å². The van der Waals surface area contributed by atoms with Gasteiger partial charge in [0.25, 0.3) is 0 Å². The lowest BCUT2D eigenvalue weighted by Gasteiger charge is -1.99. The Morgan fingerprint density at radius 3 is 2.50 bits per heavy atom. The Balaban J connectivity index is 3.31. The Bertz CT molecular complexity index is 317. The van der Waals surface area contributed by atoms with Crippen LogP contribution in [0.1, 0.15) is 10.5 Å². The molecule has 0 aromatic carbocycles. The molecule has 0 atom stereocenters. The second-order valence-corrected chi connectivity index (χ2v) is 2.70. The van der Waals surface area contributed by atoms with E-state index < -0.39 is 11.7 Å². The monoisotopic (exact) mass is 207 g/mol. The first-order valence-electron chi connectivity index (χ1n) is 2.80. The molecule has 0 bridgehead atoms. The lowest BCUT2D eigenvalue weighted by atomic mass is 10.3. The highest BCUT2D eigenvalue weighted by molar-refractivity contribution is 6.36. The second kappa shape index (κ2) is 3.16. The van der Waals surface area contributed by atoms with Crippen molar-refractivity contribution in [3.63, 3.8) is 0 Å². The lowest BCUT2D eigenvalue weighted by Crippen LogP contribution is -1.99. The quantitative estimate of drug-likeness (QED) is 0.690. The molecule has 1 rings (SSSR count). The van der Waals surface area contributed by atoms with Crippen LogP contribution in [0.2, 0.25) is 10.2 Å². The predicted molar refractivity (Wildman–Crippen MR) is 42.9 cm³/mol. The van der Waals surface area contributed by atoms with Crippen LogP contribution in [0, 0.1) is 0 Å². The van der Waals surface area contributed by atoms with Crippen LogP contribution in [0.4, 0.5) is 0 Å². The fourth-order valence-electron chi connectivity index (χ4n) is 0.587. The number of rotatable bonds is 1. The van der Waals surface area contributed by atoms with Crippen molar-refractivity contribution < 1.29 is 15.0 Å². The minimum absolute atomic E-state index is 0.132. The van der Waals surface area contributed by atoms with Gasteiger partial charge < -0.3 is 10.2 Å². The number of hydrogen-bond donors (Lipinski definition) is 2. The van der Waals surface area contributed by atoms with Gasteiger partial charge >= 0.3 is 5.97 Å². The molecule has 0 saturated carbocycles. The molecule has 0 unspecified atom stereocenters. The molecule has 0 radical (unpaired) electrons. The van der Waals surface area contributed by atoms with Gasteiger partial charge in [-0.25, -0.2) is 9.78 Å². The summed E-state index contributed by atoms with van der Waals surface area (Å²) in [4.78, 5) is 13.7. The number of halogens is 2. The third-order valence-corrected chi connectivity index (χ3v) is 1.67. The van der Waals surface area contributed by atoms with Crippen LogP contribution in [0.25, 0.3) is 0 Å². The normalized spacial score (nSPS) is 9.83. The number of carboxylic acids is 1. The topological polar surface area (TPSA) is 70.4 Å². The van der Waals surface area contributed by atoms with Crippen molar-refractivity contribution in [1.29, 1.82) is 0 Å². The Labute approximate surface area is 77.4 Å². The first kappa shape index (κ1) is 9.09. The highest BCUT2D eigenvalue weighted by Gasteiger charge is 2.12. The zero-order valence-electron chi connectivity index (χ0n) is 5.58. The van der Waals surface area contributed by atoms with Gasteiger partial charge in [0.2, 0.25) is 0 Å². The molecular formula is C6H3Cl2NO3. The van der Waals surface area contributed by atoms with Gasteiger partial charge in [-0.05, 0) is 6.07 Å². The SMILES string of the molecule is O=C(O)c1cc(Cl)c(O)c(Cl)n1. The molecule has 0 amide bonds. The van der Waals surface area contributed by atoms with Gasteiger partial charge in [0.15, 0.2) is 16.6 Å². The summed E-state index contributed by atoms with van der Waals surface area (Å²) >= 11 is 10.8. The Hall–Kier alpha value is -1.00. The van der Waals surface area contributed by atoms with Gasteiger partial charge in [-0.15, -0.1) is 0 Å². The van der Waals surface area contributed by atoms with E-state index >= 15 is 0 Å². The van der Waals surface area contributed by atoms with Crippen molar-refractivity contribution >= 4 is 29.2 Å². The molecule has 0 saturated heterocycles. The van der Waals surface area contributed by atoms with E-state index in [-0.39, 0.29) is 15.9 Å². The number of aromatic hydroxyl groups is 1. The van der Waals surface area contributed by atoms with Gasteiger partial charge in [0, 0.05) is 0 Å². The van der Waals surface area contributed by atoms with Gasteiger partial charge in [0.1, 0.15) is 0 Å². The van der Waals surface area contributed by atoms with E-state index in [1.54, 1.807) is 0 Å². The summed E-state index contributed by atoms with van der Waals surface area (Å²) in [6.07, 6.45) is 0. The number of pyridine rings is 1. The summed E-state index contributed by atoms with van der Waals surface area (Å²) in [5.41, 5.74) is -0.303. The Morgan fingerprint density at radius 1 is 1.50 bits per heavy atom. The average Bonchev–Trinajstić information content (AvgIpc) is 1.99. The average molecular weight is 208 g/mol. The molecule has 64 valence electrons. The molecule has 0 aliphatic carbocycles. The third kappa shape index (κ3) is 1.60. The Morgan fingerprint density at radius 2 is 2.08 bits per heavy atom. The molecule has 6 heteroatoms.